The molecule has 2 N–H and O–H groups in total. The molecule has 0 aliphatic heterocycles. The van der Waals surface area contributed by atoms with E-state index in [1.807, 2.05) is 30.3 Å². The third-order valence-corrected chi connectivity index (χ3v) is 3.08. The number of furan rings is 1. The van der Waals surface area contributed by atoms with Gasteiger partial charge in [0, 0.05) is 6.54 Å². The van der Waals surface area contributed by atoms with Gasteiger partial charge in [0.15, 0.2) is 11.3 Å². The molecule has 120 valence electrons. The average molecular weight is 381 g/mol. The van der Waals surface area contributed by atoms with Gasteiger partial charge < -0.3 is 14.5 Å². The van der Waals surface area contributed by atoms with E-state index in [1.165, 1.54) is 12.1 Å². The fourth-order valence-electron chi connectivity index (χ4n) is 1.61. The summed E-state index contributed by atoms with van der Waals surface area (Å²) in [6.45, 7) is -0.309. The number of imide groups is 1. The van der Waals surface area contributed by atoms with Gasteiger partial charge >= 0.3 is 12.0 Å². The summed E-state index contributed by atoms with van der Waals surface area (Å²) in [5.74, 6) is -1.58. The number of rotatable bonds is 5. The molecule has 1 aromatic carbocycles. The van der Waals surface area contributed by atoms with Crippen LogP contribution in [0.4, 0.5) is 4.79 Å². The van der Waals surface area contributed by atoms with Crippen molar-refractivity contribution in [2.75, 3.05) is 6.61 Å². The number of urea groups is 1. The summed E-state index contributed by atoms with van der Waals surface area (Å²) >= 11 is 3.04. The van der Waals surface area contributed by atoms with Crippen molar-refractivity contribution in [1.29, 1.82) is 0 Å². The van der Waals surface area contributed by atoms with Crippen LogP contribution in [0, 0.1) is 0 Å². The zero-order valence-corrected chi connectivity index (χ0v) is 13.5. The quantitative estimate of drug-likeness (QED) is 0.775. The van der Waals surface area contributed by atoms with Crippen LogP contribution in [0.1, 0.15) is 16.1 Å². The van der Waals surface area contributed by atoms with Crippen molar-refractivity contribution in [3.05, 3.63) is 58.5 Å². The summed E-state index contributed by atoms with van der Waals surface area (Å²) < 4.78 is 10.1. The second-order valence-corrected chi connectivity index (χ2v) is 5.18. The molecule has 0 bridgehead atoms. The molecule has 2 rings (SSSR count). The van der Waals surface area contributed by atoms with Gasteiger partial charge in [-0.2, -0.15) is 0 Å². The van der Waals surface area contributed by atoms with Crippen molar-refractivity contribution in [3.63, 3.8) is 0 Å². The molecule has 2 aromatic rings. The Morgan fingerprint density at radius 2 is 1.83 bits per heavy atom. The van der Waals surface area contributed by atoms with Gasteiger partial charge in [-0.1, -0.05) is 30.3 Å². The predicted molar refractivity (Wildman–Crippen MR) is 83.5 cm³/mol. The third-order valence-electron chi connectivity index (χ3n) is 2.66. The molecule has 0 spiro atoms. The highest BCUT2D eigenvalue weighted by Crippen LogP contribution is 2.14. The number of amides is 3. The molecule has 0 aliphatic rings. The van der Waals surface area contributed by atoms with Crippen molar-refractivity contribution in [2.45, 2.75) is 6.54 Å². The van der Waals surface area contributed by atoms with Gasteiger partial charge in [0.25, 0.3) is 5.91 Å². The number of hydrogen-bond acceptors (Lipinski definition) is 5. The topological polar surface area (TPSA) is 97.6 Å². The number of halogens is 1. The monoisotopic (exact) mass is 380 g/mol. The SMILES string of the molecule is O=C(COC(=O)c1ccc(Br)o1)NC(=O)NCc1ccccc1. The van der Waals surface area contributed by atoms with Crippen LogP contribution in [0.25, 0.3) is 0 Å². The molecule has 0 aliphatic carbocycles. The van der Waals surface area contributed by atoms with Gasteiger partial charge in [-0.15, -0.1) is 0 Å². The fraction of sp³-hybridized carbons (Fsp3) is 0.133. The molecular formula is C15H13BrN2O5. The predicted octanol–water partition coefficient (Wildman–Crippen LogP) is 2.22. The molecule has 0 fully saturated rings. The Hall–Kier alpha value is -2.61. The first-order valence-electron chi connectivity index (χ1n) is 6.58. The summed E-state index contributed by atoms with van der Waals surface area (Å²) in [4.78, 5) is 34.6. The van der Waals surface area contributed by atoms with Crippen LogP contribution in [0.3, 0.4) is 0 Å². The molecule has 8 heteroatoms. The first kappa shape index (κ1) is 16.8. The molecule has 0 saturated carbocycles. The molecule has 0 atom stereocenters. The zero-order chi connectivity index (χ0) is 16.7. The highest BCUT2D eigenvalue weighted by atomic mass is 79.9. The Morgan fingerprint density at radius 3 is 2.48 bits per heavy atom. The fourth-order valence-corrected chi connectivity index (χ4v) is 1.92. The van der Waals surface area contributed by atoms with E-state index in [4.69, 9.17) is 9.15 Å². The second-order valence-electron chi connectivity index (χ2n) is 4.40. The van der Waals surface area contributed by atoms with Gasteiger partial charge in [-0.3, -0.25) is 10.1 Å². The Bertz CT molecular complexity index is 699. The molecule has 0 unspecified atom stereocenters. The zero-order valence-electron chi connectivity index (χ0n) is 11.9. The molecule has 7 nitrogen and oxygen atoms in total. The lowest BCUT2D eigenvalue weighted by atomic mass is 10.2. The standard InChI is InChI=1S/C15H13BrN2O5/c16-12-7-6-11(23-12)14(20)22-9-13(19)18-15(21)17-8-10-4-2-1-3-5-10/h1-7H,8-9H2,(H2,17,18,19,21). The van der Waals surface area contributed by atoms with Crippen LogP contribution >= 0.6 is 15.9 Å². The van der Waals surface area contributed by atoms with Crippen molar-refractivity contribution in [2.24, 2.45) is 0 Å². The van der Waals surface area contributed by atoms with Crippen molar-refractivity contribution in [1.82, 2.24) is 10.6 Å². The number of carbonyl (C=O) groups excluding carboxylic acids is 3. The smallest absolute Gasteiger partial charge is 0.374 e. The summed E-state index contributed by atoms with van der Waals surface area (Å²) in [6.07, 6.45) is 0. The Morgan fingerprint density at radius 1 is 1.09 bits per heavy atom. The van der Waals surface area contributed by atoms with Gasteiger partial charge in [0.1, 0.15) is 0 Å². The number of esters is 1. The Labute approximate surface area is 140 Å². The molecule has 1 heterocycles. The normalized spacial score (nSPS) is 9.96. The van der Waals surface area contributed by atoms with E-state index in [2.05, 4.69) is 26.6 Å². The maximum absolute atomic E-state index is 11.5. The summed E-state index contributed by atoms with van der Waals surface area (Å²) in [5, 5.41) is 4.57. The third kappa shape index (κ3) is 5.59. The highest BCUT2D eigenvalue weighted by Gasteiger charge is 2.15. The van der Waals surface area contributed by atoms with Gasteiger partial charge in [0.05, 0.1) is 0 Å². The molecular weight excluding hydrogens is 368 g/mol. The van der Waals surface area contributed by atoms with Crippen molar-refractivity contribution in [3.8, 4) is 0 Å². The van der Waals surface area contributed by atoms with E-state index in [1.54, 1.807) is 0 Å². The van der Waals surface area contributed by atoms with E-state index in [0.717, 1.165) is 5.56 Å². The Kier molecular flexibility index (Phi) is 5.93. The minimum atomic E-state index is -0.796. The summed E-state index contributed by atoms with van der Waals surface area (Å²) in [5.41, 5.74) is 0.893. The lowest BCUT2D eigenvalue weighted by Gasteiger charge is -2.07. The number of ether oxygens (including phenoxy) is 1. The van der Waals surface area contributed by atoms with Crippen molar-refractivity contribution >= 4 is 33.8 Å². The number of nitrogens with one attached hydrogen (secondary N) is 2. The van der Waals surface area contributed by atoms with E-state index in [-0.39, 0.29) is 12.3 Å². The molecule has 1 aromatic heterocycles. The highest BCUT2D eigenvalue weighted by molar-refractivity contribution is 9.10. The molecule has 3 amide bonds. The van der Waals surface area contributed by atoms with E-state index < -0.39 is 24.5 Å². The molecule has 0 saturated heterocycles. The lowest BCUT2D eigenvalue weighted by molar-refractivity contribution is -0.123. The molecule has 0 radical (unpaired) electrons. The minimum absolute atomic E-state index is 0.0433. The maximum Gasteiger partial charge on any atom is 0.374 e. The van der Waals surface area contributed by atoms with Crippen LogP contribution in [0.5, 0.6) is 0 Å². The van der Waals surface area contributed by atoms with E-state index in [0.29, 0.717) is 4.67 Å². The minimum Gasteiger partial charge on any atom is -0.450 e. The molecule has 23 heavy (non-hydrogen) atoms. The van der Waals surface area contributed by atoms with Crippen molar-refractivity contribution < 1.29 is 23.5 Å². The lowest BCUT2D eigenvalue weighted by Crippen LogP contribution is -2.41. The summed E-state index contributed by atoms with van der Waals surface area (Å²) in [7, 11) is 0. The van der Waals surface area contributed by atoms with E-state index in [9.17, 15) is 14.4 Å². The first-order valence-corrected chi connectivity index (χ1v) is 7.38. The van der Waals surface area contributed by atoms with Crippen LogP contribution in [-0.4, -0.2) is 24.5 Å². The van der Waals surface area contributed by atoms with Gasteiger partial charge in [-0.25, -0.2) is 9.59 Å². The number of hydrogen-bond donors (Lipinski definition) is 2. The second kappa shape index (κ2) is 8.14. The average Bonchev–Trinajstić information content (AvgIpc) is 2.98. The largest absolute Gasteiger partial charge is 0.450 e. The Balaban J connectivity index is 1.69. The maximum atomic E-state index is 11.5. The first-order chi connectivity index (χ1) is 11.0. The van der Waals surface area contributed by atoms with Crippen LogP contribution in [0.2, 0.25) is 0 Å². The van der Waals surface area contributed by atoms with E-state index >= 15 is 0 Å². The number of carbonyl (C=O) groups is 3. The number of benzene rings is 1. The van der Waals surface area contributed by atoms with Crippen LogP contribution in [-0.2, 0) is 16.1 Å². The van der Waals surface area contributed by atoms with Crippen LogP contribution in [0.15, 0.2) is 51.6 Å². The van der Waals surface area contributed by atoms with Gasteiger partial charge in [-0.05, 0) is 33.6 Å². The van der Waals surface area contributed by atoms with Crippen LogP contribution < -0.4 is 10.6 Å². The summed E-state index contributed by atoms with van der Waals surface area (Å²) in [6, 6.07) is 11.5. The van der Waals surface area contributed by atoms with Gasteiger partial charge in [0.2, 0.25) is 5.76 Å².